The molecule has 2 N–H and O–H groups in total. The lowest BCUT2D eigenvalue weighted by Gasteiger charge is -2.27. The van der Waals surface area contributed by atoms with E-state index in [2.05, 4.69) is 10.3 Å². The normalized spacial score (nSPS) is 10.7. The van der Waals surface area contributed by atoms with Gasteiger partial charge in [0.15, 0.2) is 0 Å². The number of rotatable bonds is 6. The third-order valence-electron chi connectivity index (χ3n) is 3.31. The Hall–Kier alpha value is -2.09. The van der Waals surface area contributed by atoms with Gasteiger partial charge in [0.1, 0.15) is 11.9 Å². The van der Waals surface area contributed by atoms with Gasteiger partial charge in [0.2, 0.25) is 0 Å². The molecule has 96 valence electrons. The molecule has 0 atom stereocenters. The Balaban J connectivity index is 2.73. The molecule has 0 fully saturated rings. The first-order valence-electron chi connectivity index (χ1n) is 5.91. The van der Waals surface area contributed by atoms with Crippen molar-refractivity contribution < 1.29 is 9.90 Å². The summed E-state index contributed by atoms with van der Waals surface area (Å²) in [5.74, 6) is -0.213. The van der Waals surface area contributed by atoms with Crippen molar-refractivity contribution in [2.24, 2.45) is 5.41 Å². The van der Waals surface area contributed by atoms with Crippen LogP contribution in [0.2, 0.25) is 0 Å². The molecule has 0 saturated heterocycles. The highest BCUT2D eigenvalue weighted by Crippen LogP contribution is 2.27. The number of nitriles is 1. The average molecular weight is 247 g/mol. The van der Waals surface area contributed by atoms with Crippen molar-refractivity contribution in [3.05, 3.63) is 23.9 Å². The van der Waals surface area contributed by atoms with Crippen LogP contribution >= 0.6 is 0 Å². The van der Waals surface area contributed by atoms with Crippen molar-refractivity contribution in [1.82, 2.24) is 4.98 Å². The summed E-state index contributed by atoms with van der Waals surface area (Å²) in [5.41, 5.74) is -0.286. The van der Waals surface area contributed by atoms with Crippen LogP contribution in [0.4, 0.5) is 5.82 Å². The number of carboxylic acids is 1. The maximum absolute atomic E-state index is 11.3. The fraction of sp³-hybridized carbons (Fsp3) is 0.462. The van der Waals surface area contributed by atoms with E-state index in [-0.39, 0.29) is 0 Å². The molecule has 1 aromatic heterocycles. The van der Waals surface area contributed by atoms with Crippen molar-refractivity contribution in [3.63, 3.8) is 0 Å². The first kappa shape index (κ1) is 14.0. The Kier molecular flexibility index (Phi) is 4.67. The van der Waals surface area contributed by atoms with E-state index in [1.54, 1.807) is 12.1 Å². The van der Waals surface area contributed by atoms with Crippen LogP contribution < -0.4 is 5.32 Å². The number of anilines is 1. The van der Waals surface area contributed by atoms with Gasteiger partial charge in [0.25, 0.3) is 0 Å². The second kappa shape index (κ2) is 6.01. The lowest BCUT2D eigenvalue weighted by atomic mass is 9.82. The largest absolute Gasteiger partial charge is 0.481 e. The molecule has 5 heteroatoms. The summed E-state index contributed by atoms with van der Waals surface area (Å²) in [6, 6.07) is 5.31. The summed E-state index contributed by atoms with van der Waals surface area (Å²) in [5, 5.41) is 20.9. The van der Waals surface area contributed by atoms with Gasteiger partial charge in [0, 0.05) is 12.7 Å². The molecular formula is C13H17N3O2. The fourth-order valence-corrected chi connectivity index (χ4v) is 1.70. The third-order valence-corrected chi connectivity index (χ3v) is 3.31. The van der Waals surface area contributed by atoms with Gasteiger partial charge in [-0.05, 0) is 25.0 Å². The lowest BCUT2D eigenvalue weighted by Crippen LogP contribution is -2.37. The zero-order valence-electron chi connectivity index (χ0n) is 10.6. The van der Waals surface area contributed by atoms with Gasteiger partial charge in [-0.15, -0.1) is 0 Å². The molecule has 0 aliphatic carbocycles. The average Bonchev–Trinajstić information content (AvgIpc) is 2.41. The highest BCUT2D eigenvalue weighted by atomic mass is 16.4. The predicted molar refractivity (Wildman–Crippen MR) is 68.1 cm³/mol. The quantitative estimate of drug-likeness (QED) is 0.805. The van der Waals surface area contributed by atoms with E-state index in [1.807, 2.05) is 19.9 Å². The van der Waals surface area contributed by atoms with Gasteiger partial charge in [0.05, 0.1) is 11.0 Å². The van der Waals surface area contributed by atoms with Crippen LogP contribution in [-0.2, 0) is 4.79 Å². The van der Waals surface area contributed by atoms with E-state index < -0.39 is 11.4 Å². The Bertz CT molecular complexity index is 444. The molecule has 0 aliphatic heterocycles. The molecule has 5 nitrogen and oxygen atoms in total. The van der Waals surface area contributed by atoms with Crippen LogP contribution in [0.25, 0.3) is 0 Å². The van der Waals surface area contributed by atoms with Crippen LogP contribution in [0.3, 0.4) is 0 Å². The van der Waals surface area contributed by atoms with Gasteiger partial charge in [-0.3, -0.25) is 4.79 Å². The van der Waals surface area contributed by atoms with Crippen LogP contribution in [0.1, 0.15) is 32.3 Å². The standard InChI is InChI=1S/C13H17N3O2/c1-3-13(4-2,12(17)18)9-16-11-6-5-10(7-14)8-15-11/h5-6,8H,3-4,9H2,1-2H3,(H,15,16)(H,17,18). The minimum atomic E-state index is -0.798. The summed E-state index contributed by atoms with van der Waals surface area (Å²) < 4.78 is 0. The van der Waals surface area contributed by atoms with Gasteiger partial charge >= 0.3 is 5.97 Å². The Morgan fingerprint density at radius 1 is 1.50 bits per heavy atom. The van der Waals surface area contributed by atoms with Crippen LogP contribution in [0.15, 0.2) is 18.3 Å². The topological polar surface area (TPSA) is 86.0 Å². The van der Waals surface area contributed by atoms with E-state index >= 15 is 0 Å². The van der Waals surface area contributed by atoms with Gasteiger partial charge in [-0.25, -0.2) is 4.98 Å². The molecule has 1 heterocycles. The molecule has 0 spiro atoms. The third kappa shape index (κ3) is 2.98. The van der Waals surface area contributed by atoms with E-state index in [4.69, 9.17) is 5.26 Å². The molecule has 0 unspecified atom stereocenters. The van der Waals surface area contributed by atoms with Gasteiger partial charge in [-0.2, -0.15) is 5.26 Å². The Morgan fingerprint density at radius 3 is 2.56 bits per heavy atom. The maximum atomic E-state index is 11.3. The van der Waals surface area contributed by atoms with Crippen molar-refractivity contribution in [1.29, 1.82) is 5.26 Å². The minimum Gasteiger partial charge on any atom is -0.481 e. The molecule has 18 heavy (non-hydrogen) atoms. The molecule has 0 saturated carbocycles. The Morgan fingerprint density at radius 2 is 2.17 bits per heavy atom. The number of pyridine rings is 1. The number of carboxylic acid groups (broad SMARTS) is 1. The molecule has 0 bridgehead atoms. The van der Waals surface area contributed by atoms with Crippen molar-refractivity contribution in [2.75, 3.05) is 11.9 Å². The highest BCUT2D eigenvalue weighted by Gasteiger charge is 2.34. The van der Waals surface area contributed by atoms with E-state index in [0.717, 1.165) is 0 Å². The number of aromatic nitrogens is 1. The monoisotopic (exact) mass is 247 g/mol. The second-order valence-corrected chi connectivity index (χ2v) is 4.19. The zero-order valence-corrected chi connectivity index (χ0v) is 10.6. The van der Waals surface area contributed by atoms with E-state index in [1.165, 1.54) is 6.20 Å². The highest BCUT2D eigenvalue weighted by molar-refractivity contribution is 5.75. The smallest absolute Gasteiger partial charge is 0.311 e. The molecule has 1 rings (SSSR count). The molecule has 0 amide bonds. The van der Waals surface area contributed by atoms with Crippen molar-refractivity contribution in [2.45, 2.75) is 26.7 Å². The number of carbonyl (C=O) groups is 1. The number of nitrogens with one attached hydrogen (secondary N) is 1. The van der Waals surface area contributed by atoms with Gasteiger partial charge < -0.3 is 10.4 Å². The first-order chi connectivity index (χ1) is 8.57. The predicted octanol–water partition coefficient (Wildman–Crippen LogP) is 2.26. The van der Waals surface area contributed by atoms with E-state index in [9.17, 15) is 9.90 Å². The van der Waals surface area contributed by atoms with Crippen molar-refractivity contribution >= 4 is 11.8 Å². The van der Waals surface area contributed by atoms with Crippen LogP contribution in [0, 0.1) is 16.7 Å². The maximum Gasteiger partial charge on any atom is 0.311 e. The Labute approximate surface area is 106 Å². The SMILES string of the molecule is CCC(CC)(CNc1ccc(C#N)cn1)C(=O)O. The number of hydrogen-bond donors (Lipinski definition) is 2. The first-order valence-corrected chi connectivity index (χ1v) is 5.91. The molecular weight excluding hydrogens is 230 g/mol. The molecule has 0 radical (unpaired) electrons. The lowest BCUT2D eigenvalue weighted by molar-refractivity contribution is -0.148. The molecule has 0 aliphatic rings. The zero-order chi connectivity index (χ0) is 13.6. The molecule has 0 aromatic carbocycles. The van der Waals surface area contributed by atoms with Crippen LogP contribution in [0.5, 0.6) is 0 Å². The summed E-state index contributed by atoms with van der Waals surface area (Å²) in [6.45, 7) is 4.06. The fourth-order valence-electron chi connectivity index (χ4n) is 1.70. The van der Waals surface area contributed by atoms with Crippen molar-refractivity contribution in [3.8, 4) is 6.07 Å². The van der Waals surface area contributed by atoms with Crippen LogP contribution in [-0.4, -0.2) is 22.6 Å². The number of aliphatic carboxylic acids is 1. The molecule has 1 aromatic rings. The summed E-state index contributed by atoms with van der Waals surface area (Å²) in [7, 11) is 0. The summed E-state index contributed by atoms with van der Waals surface area (Å²) in [4.78, 5) is 15.4. The number of nitrogens with zero attached hydrogens (tertiary/aromatic N) is 2. The number of hydrogen-bond acceptors (Lipinski definition) is 4. The summed E-state index contributed by atoms with van der Waals surface area (Å²) in [6.07, 6.45) is 2.58. The summed E-state index contributed by atoms with van der Waals surface area (Å²) >= 11 is 0. The van der Waals surface area contributed by atoms with Gasteiger partial charge in [-0.1, -0.05) is 13.8 Å². The minimum absolute atomic E-state index is 0.328. The van der Waals surface area contributed by atoms with E-state index in [0.29, 0.717) is 30.8 Å². The second-order valence-electron chi connectivity index (χ2n) is 4.19.